The minimum absolute atomic E-state index is 0.318. The first-order chi connectivity index (χ1) is 12.9. The molecule has 152 valence electrons. The van der Waals surface area contributed by atoms with Crippen molar-refractivity contribution in [2.24, 2.45) is 0 Å². The zero-order valence-corrected chi connectivity index (χ0v) is 17.6. The van der Waals surface area contributed by atoms with Gasteiger partial charge in [0.05, 0.1) is 0 Å². The second-order valence-corrected chi connectivity index (χ2v) is 8.46. The van der Waals surface area contributed by atoms with E-state index in [9.17, 15) is 4.79 Å². The Morgan fingerprint density at radius 1 is 1.07 bits per heavy atom. The molecule has 2 saturated heterocycles. The van der Waals surface area contributed by atoms with Crippen molar-refractivity contribution in [1.29, 1.82) is 0 Å². The van der Waals surface area contributed by atoms with E-state index in [1.807, 2.05) is 20.8 Å². The Morgan fingerprint density at radius 2 is 1.74 bits per heavy atom. The molecule has 2 aliphatic rings. The van der Waals surface area contributed by atoms with E-state index in [1.54, 1.807) is 0 Å². The van der Waals surface area contributed by atoms with Gasteiger partial charge in [0.25, 0.3) is 6.47 Å². The first-order valence-corrected chi connectivity index (χ1v) is 10.3. The average molecular weight is 376 g/mol. The van der Waals surface area contributed by atoms with Gasteiger partial charge in [0.15, 0.2) is 0 Å². The van der Waals surface area contributed by atoms with E-state index in [0.29, 0.717) is 6.47 Å². The van der Waals surface area contributed by atoms with Gasteiger partial charge in [-0.25, -0.2) is 0 Å². The normalized spacial score (nSPS) is 18.4. The third kappa shape index (κ3) is 7.51. The van der Waals surface area contributed by atoms with Crippen LogP contribution < -0.4 is 10.2 Å². The van der Waals surface area contributed by atoms with Crippen LogP contribution >= 0.6 is 0 Å². The molecule has 27 heavy (non-hydrogen) atoms. The third-order valence-corrected chi connectivity index (χ3v) is 5.12. The maximum absolute atomic E-state index is 9.60. The maximum atomic E-state index is 9.60. The molecule has 0 saturated carbocycles. The molecular weight excluding hydrogens is 338 g/mol. The molecule has 0 unspecified atom stereocenters. The van der Waals surface area contributed by atoms with Crippen molar-refractivity contribution in [2.75, 3.05) is 44.2 Å². The molecule has 0 amide bonds. The molecule has 1 N–H and O–H groups in total. The monoisotopic (exact) mass is 375 g/mol. The van der Waals surface area contributed by atoms with E-state index in [4.69, 9.17) is 0 Å². The predicted molar refractivity (Wildman–Crippen MR) is 112 cm³/mol. The van der Waals surface area contributed by atoms with Crippen molar-refractivity contribution in [3.63, 3.8) is 0 Å². The first kappa shape index (κ1) is 21.7. The highest BCUT2D eigenvalue weighted by atomic mass is 16.5. The van der Waals surface area contributed by atoms with Crippen LogP contribution in [0, 0.1) is 6.92 Å². The Hall–Kier alpha value is -1.59. The van der Waals surface area contributed by atoms with Crippen LogP contribution in [0.3, 0.4) is 0 Å². The number of hydrogen-bond donors (Lipinski definition) is 1. The smallest absolute Gasteiger partial charge is 0.293 e. The number of carbonyl (C=O) groups excluding carboxylic acids is 1. The molecule has 0 atom stereocenters. The number of nitrogens with one attached hydrogen (secondary N) is 1. The lowest BCUT2D eigenvalue weighted by molar-refractivity contribution is -0.138. The van der Waals surface area contributed by atoms with Gasteiger partial charge >= 0.3 is 0 Å². The fourth-order valence-electron chi connectivity index (χ4n) is 3.57. The summed E-state index contributed by atoms with van der Waals surface area (Å²) in [6.45, 7) is 16.4. The van der Waals surface area contributed by atoms with Gasteiger partial charge in [-0.05, 0) is 64.2 Å². The standard InChI is InChI=1S/C17H27N3.C5H10O2/c1-15-16(14-19-12-8-18-9-13-19)6-5-7-17(15)20-10-3-2-4-11-20;1-5(2,3)7-4-6/h5-7,18H,2-4,8-14H2,1H3;4H,1-3H3. The highest BCUT2D eigenvalue weighted by Gasteiger charge is 2.16. The summed E-state index contributed by atoms with van der Waals surface area (Å²) >= 11 is 0. The van der Waals surface area contributed by atoms with Crippen LogP contribution in [0.4, 0.5) is 5.69 Å². The number of nitrogens with zero attached hydrogens (tertiary/aromatic N) is 2. The first-order valence-electron chi connectivity index (χ1n) is 10.3. The molecule has 0 bridgehead atoms. The molecule has 5 nitrogen and oxygen atoms in total. The zero-order valence-electron chi connectivity index (χ0n) is 17.6. The van der Waals surface area contributed by atoms with E-state index in [0.717, 1.165) is 19.6 Å². The van der Waals surface area contributed by atoms with E-state index >= 15 is 0 Å². The summed E-state index contributed by atoms with van der Waals surface area (Å²) in [5.74, 6) is 0. The van der Waals surface area contributed by atoms with Gasteiger partial charge in [-0.1, -0.05) is 12.1 Å². The van der Waals surface area contributed by atoms with Crippen LogP contribution in [0.15, 0.2) is 18.2 Å². The van der Waals surface area contributed by atoms with Gasteiger partial charge in [-0.2, -0.15) is 0 Å². The number of rotatable bonds is 4. The highest BCUT2D eigenvalue weighted by Crippen LogP contribution is 2.26. The number of ether oxygens (including phenoxy) is 1. The minimum Gasteiger partial charge on any atom is -0.462 e. The number of piperazine rings is 1. The molecule has 0 spiro atoms. The number of benzene rings is 1. The molecule has 1 aromatic carbocycles. The minimum atomic E-state index is -0.318. The Kier molecular flexibility index (Phi) is 8.58. The van der Waals surface area contributed by atoms with Crippen LogP contribution in [0.2, 0.25) is 0 Å². The van der Waals surface area contributed by atoms with Gasteiger partial charge in [-0.3, -0.25) is 9.69 Å². The van der Waals surface area contributed by atoms with E-state index in [2.05, 4.69) is 45.0 Å². The fourth-order valence-corrected chi connectivity index (χ4v) is 3.57. The molecule has 0 radical (unpaired) electrons. The Morgan fingerprint density at radius 3 is 2.30 bits per heavy atom. The second kappa shape index (κ2) is 10.7. The van der Waals surface area contributed by atoms with Crippen molar-refractivity contribution in [2.45, 2.75) is 59.1 Å². The van der Waals surface area contributed by atoms with E-state index in [-0.39, 0.29) is 5.60 Å². The zero-order chi connectivity index (χ0) is 19.7. The summed E-state index contributed by atoms with van der Waals surface area (Å²) in [5.41, 5.74) is 4.15. The van der Waals surface area contributed by atoms with Crippen LogP contribution in [-0.2, 0) is 16.1 Å². The lowest BCUT2D eigenvalue weighted by atomic mass is 10.0. The Bertz CT molecular complexity index is 571. The topological polar surface area (TPSA) is 44.8 Å². The largest absolute Gasteiger partial charge is 0.462 e. The average Bonchev–Trinajstić information content (AvgIpc) is 2.65. The van der Waals surface area contributed by atoms with E-state index < -0.39 is 0 Å². The SMILES string of the molecule is CC(C)(C)OC=O.Cc1c(CN2CCNCC2)cccc1N1CCCCC1. The second-order valence-electron chi connectivity index (χ2n) is 8.46. The summed E-state index contributed by atoms with van der Waals surface area (Å²) in [4.78, 5) is 14.7. The van der Waals surface area contributed by atoms with Gasteiger partial charge in [0, 0.05) is 51.5 Å². The maximum Gasteiger partial charge on any atom is 0.293 e. The summed E-state index contributed by atoms with van der Waals surface area (Å²) in [6, 6.07) is 6.86. The van der Waals surface area contributed by atoms with Gasteiger partial charge < -0.3 is 15.0 Å². The lowest BCUT2D eigenvalue weighted by Gasteiger charge is -2.32. The van der Waals surface area contributed by atoms with E-state index in [1.165, 1.54) is 62.3 Å². The Labute approximate surface area is 165 Å². The summed E-state index contributed by atoms with van der Waals surface area (Å²) in [5, 5.41) is 3.43. The molecule has 0 aromatic heterocycles. The molecule has 0 aliphatic carbocycles. The molecule has 2 aliphatic heterocycles. The van der Waals surface area contributed by atoms with Crippen molar-refractivity contribution >= 4 is 12.2 Å². The van der Waals surface area contributed by atoms with Gasteiger partial charge in [0.1, 0.15) is 5.60 Å². The van der Waals surface area contributed by atoms with Gasteiger partial charge in [-0.15, -0.1) is 0 Å². The summed E-state index contributed by atoms with van der Waals surface area (Å²) < 4.78 is 4.55. The number of carbonyl (C=O) groups is 1. The van der Waals surface area contributed by atoms with Crippen LogP contribution in [-0.4, -0.2) is 56.2 Å². The van der Waals surface area contributed by atoms with Crippen LogP contribution in [0.1, 0.15) is 51.2 Å². The van der Waals surface area contributed by atoms with Crippen LogP contribution in [0.5, 0.6) is 0 Å². The number of hydrogen-bond acceptors (Lipinski definition) is 5. The van der Waals surface area contributed by atoms with Crippen molar-refractivity contribution < 1.29 is 9.53 Å². The quantitative estimate of drug-likeness (QED) is 0.818. The molecule has 5 heteroatoms. The third-order valence-electron chi connectivity index (χ3n) is 5.12. The molecule has 2 fully saturated rings. The summed E-state index contributed by atoms with van der Waals surface area (Å²) in [6.07, 6.45) is 4.10. The molecule has 1 aromatic rings. The lowest BCUT2D eigenvalue weighted by Crippen LogP contribution is -2.43. The fraction of sp³-hybridized carbons (Fsp3) is 0.682. The predicted octanol–water partition coefficient (Wildman–Crippen LogP) is 3.35. The molecule has 3 rings (SSSR count). The number of piperidine rings is 1. The van der Waals surface area contributed by atoms with Crippen molar-refractivity contribution in [1.82, 2.24) is 10.2 Å². The molecule has 2 heterocycles. The highest BCUT2D eigenvalue weighted by molar-refractivity contribution is 5.56. The van der Waals surface area contributed by atoms with Gasteiger partial charge in [0.2, 0.25) is 0 Å². The molecular formula is C22H37N3O2. The van der Waals surface area contributed by atoms with Crippen molar-refractivity contribution in [3.8, 4) is 0 Å². The van der Waals surface area contributed by atoms with Crippen molar-refractivity contribution in [3.05, 3.63) is 29.3 Å². The number of anilines is 1. The van der Waals surface area contributed by atoms with Crippen LogP contribution in [0.25, 0.3) is 0 Å². The summed E-state index contributed by atoms with van der Waals surface area (Å²) in [7, 11) is 0. The Balaban J connectivity index is 0.000000321.